The summed E-state index contributed by atoms with van der Waals surface area (Å²) < 4.78 is 21.1. The van der Waals surface area contributed by atoms with Crippen LogP contribution < -0.4 is 14.9 Å². The Balaban J connectivity index is 1.54. The number of carbonyl (C=O) groups excluding carboxylic acids is 1. The van der Waals surface area contributed by atoms with Gasteiger partial charge in [0.2, 0.25) is 0 Å². The van der Waals surface area contributed by atoms with E-state index in [9.17, 15) is 19.1 Å². The summed E-state index contributed by atoms with van der Waals surface area (Å²) in [4.78, 5) is 32.7. The molecule has 44 heavy (non-hydrogen) atoms. The van der Waals surface area contributed by atoms with Crippen LogP contribution in [-0.4, -0.2) is 22.2 Å². The normalized spacial score (nSPS) is 14.9. The maximum absolute atomic E-state index is 14.1. The Morgan fingerprint density at radius 3 is 2.36 bits per heavy atom. The van der Waals surface area contributed by atoms with Gasteiger partial charge in [-0.3, -0.25) is 9.36 Å². The molecule has 8 nitrogen and oxygen atoms in total. The molecule has 1 atom stereocenters. The van der Waals surface area contributed by atoms with Gasteiger partial charge in [0, 0.05) is 11.1 Å². The molecule has 6 rings (SSSR count). The zero-order valence-electron chi connectivity index (χ0n) is 23.4. The second-order valence-electron chi connectivity index (χ2n) is 9.76. The highest BCUT2D eigenvalue weighted by Gasteiger charge is 2.35. The first-order chi connectivity index (χ1) is 21.4. The molecule has 218 valence electrons. The van der Waals surface area contributed by atoms with Gasteiger partial charge in [-0.1, -0.05) is 72.0 Å². The van der Waals surface area contributed by atoms with Crippen LogP contribution in [0.25, 0.3) is 11.8 Å². The molecule has 0 amide bonds. The summed E-state index contributed by atoms with van der Waals surface area (Å²) in [6, 6.07) is 27.8. The Morgan fingerprint density at radius 1 is 0.977 bits per heavy atom. The van der Waals surface area contributed by atoms with Gasteiger partial charge in [-0.2, -0.15) is 10.2 Å². The van der Waals surface area contributed by atoms with E-state index in [1.54, 1.807) is 25.1 Å². The van der Waals surface area contributed by atoms with Crippen molar-refractivity contribution in [1.29, 1.82) is 0 Å². The number of esters is 1. The minimum atomic E-state index is -0.942. The van der Waals surface area contributed by atoms with Gasteiger partial charge in [0.25, 0.3) is 5.56 Å². The minimum absolute atomic E-state index is 0.0539. The monoisotopic (exact) mass is 604 g/mol. The van der Waals surface area contributed by atoms with Gasteiger partial charge in [0.1, 0.15) is 11.6 Å². The maximum Gasteiger partial charge on any atom is 0.338 e. The average molecular weight is 605 g/mol. The first-order valence-corrected chi connectivity index (χ1v) is 14.6. The first-order valence-electron chi connectivity index (χ1n) is 13.8. The van der Waals surface area contributed by atoms with Crippen LogP contribution in [-0.2, 0) is 9.53 Å². The molecule has 0 saturated carbocycles. The Labute approximate surface area is 255 Å². The van der Waals surface area contributed by atoms with Gasteiger partial charge in [0.15, 0.2) is 4.80 Å². The Hall–Kier alpha value is -5.48. The predicted octanol–water partition coefficient (Wildman–Crippen LogP) is 6.20. The molecule has 0 radical (unpaired) electrons. The Morgan fingerprint density at radius 2 is 1.66 bits per heavy atom. The Kier molecular flexibility index (Phi) is 8.07. The van der Waals surface area contributed by atoms with Crippen LogP contribution in [0.2, 0.25) is 0 Å². The third-order valence-corrected chi connectivity index (χ3v) is 7.88. The number of hydrogen-bond donors (Lipinski definition) is 1. The van der Waals surface area contributed by atoms with E-state index in [0.29, 0.717) is 38.6 Å². The molecule has 1 aliphatic heterocycles. The number of nitrogens with zero attached hydrogens (tertiary/aromatic N) is 4. The predicted molar refractivity (Wildman–Crippen MR) is 166 cm³/mol. The summed E-state index contributed by atoms with van der Waals surface area (Å²) >= 11 is 1.11. The van der Waals surface area contributed by atoms with Gasteiger partial charge < -0.3 is 9.84 Å². The molecule has 0 unspecified atom stereocenters. The van der Waals surface area contributed by atoms with Gasteiger partial charge in [-0.05, 0) is 61.0 Å². The van der Waals surface area contributed by atoms with Crippen molar-refractivity contribution in [2.75, 3.05) is 6.61 Å². The molecule has 1 aromatic heterocycles. The van der Waals surface area contributed by atoms with E-state index >= 15 is 0 Å². The summed E-state index contributed by atoms with van der Waals surface area (Å²) in [5.41, 5.74) is 2.76. The average Bonchev–Trinajstić information content (AvgIpc) is 3.36. The number of carbonyl (C=O) groups is 1. The van der Waals surface area contributed by atoms with Crippen LogP contribution in [0.5, 0.6) is 5.75 Å². The number of azo groups is 1. The summed E-state index contributed by atoms with van der Waals surface area (Å²) in [7, 11) is 0. The number of thiazole rings is 1. The second kappa shape index (κ2) is 12.4. The van der Waals surface area contributed by atoms with Crippen molar-refractivity contribution >= 4 is 40.5 Å². The van der Waals surface area contributed by atoms with Crippen LogP contribution in [0, 0.1) is 5.82 Å². The summed E-state index contributed by atoms with van der Waals surface area (Å²) in [6.45, 7) is 1.81. The molecule has 4 aromatic carbocycles. The van der Waals surface area contributed by atoms with Gasteiger partial charge in [-0.25, -0.2) is 14.2 Å². The van der Waals surface area contributed by atoms with Crippen molar-refractivity contribution in [3.8, 4) is 5.75 Å². The van der Waals surface area contributed by atoms with Crippen LogP contribution >= 0.6 is 11.3 Å². The molecule has 2 heterocycles. The van der Waals surface area contributed by atoms with Gasteiger partial charge in [0.05, 0.1) is 39.8 Å². The van der Waals surface area contributed by atoms with Crippen molar-refractivity contribution in [2.45, 2.75) is 13.0 Å². The van der Waals surface area contributed by atoms with Crippen LogP contribution in [0.4, 0.5) is 15.8 Å². The van der Waals surface area contributed by atoms with Crippen molar-refractivity contribution in [1.82, 2.24) is 4.57 Å². The van der Waals surface area contributed by atoms with Crippen LogP contribution in [0.15, 0.2) is 129 Å². The third-order valence-electron chi connectivity index (χ3n) is 6.89. The first kappa shape index (κ1) is 28.6. The highest BCUT2D eigenvalue weighted by Crippen LogP contribution is 2.35. The second-order valence-corrected chi connectivity index (χ2v) is 10.8. The zero-order valence-corrected chi connectivity index (χ0v) is 24.2. The molecule has 0 aliphatic carbocycles. The fourth-order valence-electron chi connectivity index (χ4n) is 4.87. The van der Waals surface area contributed by atoms with Crippen molar-refractivity contribution in [3.63, 3.8) is 0 Å². The van der Waals surface area contributed by atoms with E-state index in [2.05, 4.69) is 10.2 Å². The smallest absolute Gasteiger partial charge is 0.338 e. The van der Waals surface area contributed by atoms with E-state index in [-0.39, 0.29) is 22.5 Å². The van der Waals surface area contributed by atoms with Crippen LogP contribution in [0.3, 0.4) is 0 Å². The number of halogens is 1. The number of hydrogen-bond acceptors (Lipinski definition) is 8. The number of ether oxygens (including phenoxy) is 1. The SMILES string of the molecule is CCOC(=O)C1=C(c2ccccc2)N=c2s/c(=C\c3cc(N=Nc4ccccc4)ccc3O)c(=O)n2[C@H]1c1ccc(F)cc1. The molecule has 0 spiro atoms. The van der Waals surface area contributed by atoms with E-state index in [0.717, 1.165) is 11.3 Å². The molecule has 1 N–H and O–H groups in total. The van der Waals surface area contributed by atoms with Crippen molar-refractivity contribution in [2.24, 2.45) is 15.2 Å². The van der Waals surface area contributed by atoms with E-state index in [1.807, 2.05) is 60.7 Å². The number of rotatable bonds is 7. The van der Waals surface area contributed by atoms with Crippen molar-refractivity contribution < 1.29 is 19.0 Å². The lowest BCUT2D eigenvalue weighted by atomic mass is 9.93. The fraction of sp³-hybridized carbons (Fsp3) is 0.0882. The highest BCUT2D eigenvalue weighted by molar-refractivity contribution is 7.07. The molecule has 0 saturated heterocycles. The van der Waals surface area contributed by atoms with Crippen LogP contribution in [0.1, 0.15) is 29.7 Å². The third kappa shape index (κ3) is 5.75. The lowest BCUT2D eigenvalue weighted by molar-refractivity contribution is -0.138. The van der Waals surface area contributed by atoms with Gasteiger partial charge >= 0.3 is 5.97 Å². The zero-order chi connectivity index (χ0) is 30.6. The summed E-state index contributed by atoms with van der Waals surface area (Å²) in [6.07, 6.45) is 1.55. The van der Waals surface area contributed by atoms with E-state index in [4.69, 9.17) is 9.73 Å². The lowest BCUT2D eigenvalue weighted by Crippen LogP contribution is -2.40. The molecule has 10 heteroatoms. The lowest BCUT2D eigenvalue weighted by Gasteiger charge is -2.25. The van der Waals surface area contributed by atoms with E-state index in [1.165, 1.54) is 34.9 Å². The van der Waals surface area contributed by atoms with Crippen molar-refractivity contribution in [3.05, 3.63) is 151 Å². The van der Waals surface area contributed by atoms with Gasteiger partial charge in [-0.15, -0.1) is 0 Å². The number of aromatic hydroxyl groups is 1. The number of benzene rings is 4. The fourth-order valence-corrected chi connectivity index (χ4v) is 5.86. The number of phenols is 1. The quantitative estimate of drug-likeness (QED) is 0.177. The number of phenolic OH excluding ortho intramolecular Hbond substituents is 1. The molecular formula is C34H25FN4O4S. The van der Waals surface area contributed by atoms with E-state index < -0.39 is 23.4 Å². The molecule has 0 fully saturated rings. The topological polar surface area (TPSA) is 106 Å². The Bertz CT molecular complexity index is 2090. The standard InChI is InChI=1S/C34H25FN4O4S/c1-2-43-33(42)29-30(21-9-5-3-6-10-21)36-34-39(31(29)22-13-15-24(35)16-14-22)32(41)28(44-34)20-23-19-26(17-18-27(23)40)38-37-25-11-7-4-8-12-25/h3-20,31,40H,2H2,1H3/b28-20-,38-37?/t31-/m0/s1. The molecule has 1 aliphatic rings. The maximum atomic E-state index is 14.1. The summed E-state index contributed by atoms with van der Waals surface area (Å²) in [5, 5.41) is 19.1. The summed E-state index contributed by atoms with van der Waals surface area (Å²) in [5.74, 6) is -1.14. The largest absolute Gasteiger partial charge is 0.507 e. The molecule has 5 aromatic rings. The molecular weight excluding hydrogens is 579 g/mol. The number of fused-ring (bicyclic) bond motifs is 1. The molecule has 0 bridgehead atoms. The highest BCUT2D eigenvalue weighted by atomic mass is 32.1. The number of aromatic nitrogens is 1. The minimum Gasteiger partial charge on any atom is -0.507 e.